The minimum absolute atomic E-state index is 0.0177. The molecule has 2 aromatic rings. The van der Waals surface area contributed by atoms with E-state index in [1.165, 1.54) is 9.87 Å². The SMILES string of the molecule is CC(NC(=O)C1CCN(S(=O)(=O)c2ccc3c(c2)CCC3)CC1)c1cccnc1. The molecule has 6 nitrogen and oxygen atoms in total. The fourth-order valence-corrected chi connectivity index (χ4v) is 5.78. The Bertz CT molecular complexity index is 984. The maximum absolute atomic E-state index is 13.0. The van der Waals surface area contributed by atoms with E-state index in [9.17, 15) is 13.2 Å². The molecule has 2 aliphatic rings. The number of aromatic nitrogens is 1. The minimum atomic E-state index is -3.51. The molecule has 4 rings (SSSR count). The van der Waals surface area contributed by atoms with Gasteiger partial charge >= 0.3 is 0 Å². The molecule has 29 heavy (non-hydrogen) atoms. The first-order valence-corrected chi connectivity index (χ1v) is 11.7. The number of nitrogens with zero attached hydrogens (tertiary/aromatic N) is 2. The van der Waals surface area contributed by atoms with Crippen molar-refractivity contribution in [3.63, 3.8) is 0 Å². The molecule has 1 fully saturated rings. The van der Waals surface area contributed by atoms with E-state index in [4.69, 9.17) is 0 Å². The van der Waals surface area contributed by atoms with E-state index in [1.807, 2.05) is 31.2 Å². The summed E-state index contributed by atoms with van der Waals surface area (Å²) in [5.74, 6) is -0.184. The maximum Gasteiger partial charge on any atom is 0.243 e. The van der Waals surface area contributed by atoms with Crippen LogP contribution in [0.15, 0.2) is 47.6 Å². The Morgan fingerprint density at radius 3 is 2.66 bits per heavy atom. The zero-order valence-electron chi connectivity index (χ0n) is 16.7. The molecule has 7 heteroatoms. The molecule has 0 radical (unpaired) electrons. The molecule has 0 saturated carbocycles. The molecule has 1 aromatic carbocycles. The van der Waals surface area contributed by atoms with E-state index in [0.29, 0.717) is 30.8 Å². The fraction of sp³-hybridized carbons (Fsp3) is 0.455. The van der Waals surface area contributed by atoms with Crippen LogP contribution >= 0.6 is 0 Å². The number of rotatable bonds is 5. The predicted molar refractivity (Wildman–Crippen MR) is 111 cm³/mol. The summed E-state index contributed by atoms with van der Waals surface area (Å²) < 4.78 is 27.6. The average molecular weight is 414 g/mol. The van der Waals surface area contributed by atoms with E-state index in [-0.39, 0.29) is 17.9 Å². The first-order valence-electron chi connectivity index (χ1n) is 10.3. The van der Waals surface area contributed by atoms with Crippen LogP contribution in [-0.4, -0.2) is 36.7 Å². The van der Waals surface area contributed by atoms with E-state index < -0.39 is 10.0 Å². The van der Waals surface area contributed by atoms with E-state index in [0.717, 1.165) is 30.4 Å². The van der Waals surface area contributed by atoms with Crippen LogP contribution in [0.25, 0.3) is 0 Å². The summed E-state index contributed by atoms with van der Waals surface area (Å²) in [7, 11) is -3.51. The van der Waals surface area contributed by atoms with E-state index in [1.54, 1.807) is 18.5 Å². The lowest BCUT2D eigenvalue weighted by Crippen LogP contribution is -2.43. The number of amides is 1. The Kier molecular flexibility index (Phi) is 5.69. The van der Waals surface area contributed by atoms with Crippen LogP contribution in [-0.2, 0) is 27.7 Å². The van der Waals surface area contributed by atoms with Crippen LogP contribution in [0, 0.1) is 5.92 Å². The van der Waals surface area contributed by atoms with Crippen molar-refractivity contribution in [1.82, 2.24) is 14.6 Å². The molecule has 1 unspecified atom stereocenters. The summed E-state index contributed by atoms with van der Waals surface area (Å²) in [6, 6.07) is 9.18. The van der Waals surface area contributed by atoms with Gasteiger partial charge in [-0.15, -0.1) is 0 Å². The molecule has 1 N–H and O–H groups in total. The summed E-state index contributed by atoms with van der Waals surface area (Å²) in [6.07, 6.45) is 7.61. The highest BCUT2D eigenvalue weighted by Crippen LogP contribution is 2.29. The highest BCUT2D eigenvalue weighted by molar-refractivity contribution is 7.89. The summed E-state index contributed by atoms with van der Waals surface area (Å²) >= 11 is 0. The summed E-state index contributed by atoms with van der Waals surface area (Å²) in [5, 5.41) is 3.03. The molecular weight excluding hydrogens is 386 g/mol. The van der Waals surface area contributed by atoms with Crippen molar-refractivity contribution in [3.8, 4) is 0 Å². The van der Waals surface area contributed by atoms with Gasteiger partial charge in [0.25, 0.3) is 0 Å². The smallest absolute Gasteiger partial charge is 0.243 e. The zero-order valence-corrected chi connectivity index (χ0v) is 17.5. The van der Waals surface area contributed by atoms with Gasteiger partial charge in [-0.05, 0) is 73.9 Å². The molecule has 1 aromatic heterocycles. The Hall–Kier alpha value is -2.25. The topological polar surface area (TPSA) is 79.4 Å². The normalized spacial score (nSPS) is 18.9. The number of pyridine rings is 1. The van der Waals surface area contributed by atoms with Crippen LogP contribution in [0.4, 0.5) is 0 Å². The van der Waals surface area contributed by atoms with Gasteiger partial charge in [0.1, 0.15) is 0 Å². The van der Waals surface area contributed by atoms with Crippen molar-refractivity contribution in [3.05, 3.63) is 59.4 Å². The van der Waals surface area contributed by atoms with Crippen LogP contribution in [0.2, 0.25) is 0 Å². The summed E-state index contributed by atoms with van der Waals surface area (Å²) in [5.41, 5.74) is 3.38. The largest absolute Gasteiger partial charge is 0.349 e. The van der Waals surface area contributed by atoms with Crippen molar-refractivity contribution < 1.29 is 13.2 Å². The third-order valence-electron chi connectivity index (χ3n) is 6.08. The van der Waals surface area contributed by atoms with Gasteiger partial charge in [0.05, 0.1) is 10.9 Å². The van der Waals surface area contributed by atoms with Crippen LogP contribution in [0.3, 0.4) is 0 Å². The summed E-state index contributed by atoms with van der Waals surface area (Å²) in [6.45, 7) is 2.68. The van der Waals surface area contributed by atoms with Crippen molar-refractivity contribution >= 4 is 15.9 Å². The number of piperidine rings is 1. The van der Waals surface area contributed by atoms with Gasteiger partial charge in [-0.25, -0.2) is 8.42 Å². The second-order valence-electron chi connectivity index (χ2n) is 7.98. The van der Waals surface area contributed by atoms with E-state index in [2.05, 4.69) is 10.3 Å². The minimum Gasteiger partial charge on any atom is -0.349 e. The maximum atomic E-state index is 13.0. The quantitative estimate of drug-likeness (QED) is 0.817. The lowest BCUT2D eigenvalue weighted by atomic mass is 9.96. The Balaban J connectivity index is 1.37. The van der Waals surface area contributed by atoms with Crippen LogP contribution < -0.4 is 5.32 Å². The number of carbonyl (C=O) groups is 1. The monoisotopic (exact) mass is 413 g/mol. The van der Waals surface area contributed by atoms with Gasteiger partial charge in [-0.2, -0.15) is 4.31 Å². The van der Waals surface area contributed by atoms with Gasteiger partial charge in [-0.1, -0.05) is 12.1 Å². The number of hydrogen-bond donors (Lipinski definition) is 1. The van der Waals surface area contributed by atoms with Crippen molar-refractivity contribution in [2.75, 3.05) is 13.1 Å². The molecule has 0 spiro atoms. The fourth-order valence-electron chi connectivity index (χ4n) is 4.26. The first-order chi connectivity index (χ1) is 13.9. The molecule has 1 aliphatic carbocycles. The molecule has 1 amide bonds. The number of hydrogen-bond acceptors (Lipinski definition) is 4. The molecule has 2 heterocycles. The second kappa shape index (κ2) is 8.24. The molecule has 154 valence electrons. The van der Waals surface area contributed by atoms with Gasteiger partial charge in [-0.3, -0.25) is 9.78 Å². The lowest BCUT2D eigenvalue weighted by molar-refractivity contribution is -0.126. The van der Waals surface area contributed by atoms with Crippen LogP contribution in [0.5, 0.6) is 0 Å². The Morgan fingerprint density at radius 1 is 1.17 bits per heavy atom. The number of carbonyl (C=O) groups excluding carboxylic acids is 1. The Labute approximate surface area is 172 Å². The summed E-state index contributed by atoms with van der Waals surface area (Å²) in [4.78, 5) is 17.1. The number of nitrogens with one attached hydrogen (secondary N) is 1. The molecule has 1 atom stereocenters. The highest BCUT2D eigenvalue weighted by atomic mass is 32.2. The number of sulfonamides is 1. The number of fused-ring (bicyclic) bond motifs is 1. The van der Waals surface area contributed by atoms with Crippen molar-refractivity contribution in [1.29, 1.82) is 0 Å². The lowest BCUT2D eigenvalue weighted by Gasteiger charge is -2.31. The van der Waals surface area contributed by atoms with Gasteiger partial charge in [0.2, 0.25) is 15.9 Å². The second-order valence-corrected chi connectivity index (χ2v) is 9.92. The molecule has 1 saturated heterocycles. The van der Waals surface area contributed by atoms with Crippen molar-refractivity contribution in [2.45, 2.75) is 50.0 Å². The van der Waals surface area contributed by atoms with Crippen LogP contribution in [0.1, 0.15) is 48.9 Å². The van der Waals surface area contributed by atoms with Gasteiger partial charge < -0.3 is 5.32 Å². The standard InChI is InChI=1S/C22H27N3O3S/c1-16(20-6-3-11-23-15-20)24-22(26)18-9-12-25(13-10-18)29(27,28)21-8-7-17-4-2-5-19(17)14-21/h3,6-8,11,14-16,18H,2,4-5,9-10,12-13H2,1H3,(H,24,26). The zero-order chi connectivity index (χ0) is 20.4. The first kappa shape index (κ1) is 20.0. The molecular formula is C22H27N3O3S. The van der Waals surface area contributed by atoms with Gasteiger partial charge in [0.15, 0.2) is 0 Å². The molecule has 1 aliphatic heterocycles. The predicted octanol–water partition coefficient (Wildman–Crippen LogP) is 2.85. The number of benzene rings is 1. The third-order valence-corrected chi connectivity index (χ3v) is 7.97. The molecule has 0 bridgehead atoms. The number of aryl methyl sites for hydroxylation is 2. The van der Waals surface area contributed by atoms with Crippen molar-refractivity contribution in [2.24, 2.45) is 5.92 Å². The van der Waals surface area contributed by atoms with Gasteiger partial charge in [0, 0.05) is 31.4 Å². The third kappa shape index (κ3) is 4.21. The highest BCUT2D eigenvalue weighted by Gasteiger charge is 2.33. The Morgan fingerprint density at radius 2 is 1.93 bits per heavy atom. The average Bonchev–Trinajstić information content (AvgIpc) is 3.22. The van der Waals surface area contributed by atoms with E-state index >= 15 is 0 Å².